The van der Waals surface area contributed by atoms with Crippen molar-refractivity contribution in [3.63, 3.8) is 0 Å². The highest BCUT2D eigenvalue weighted by Crippen LogP contribution is 2.38. The van der Waals surface area contributed by atoms with Crippen molar-refractivity contribution in [3.05, 3.63) is 52.1 Å². The van der Waals surface area contributed by atoms with Crippen molar-refractivity contribution in [2.24, 2.45) is 16.8 Å². The number of ether oxygens (including phenoxy) is 2. The van der Waals surface area contributed by atoms with E-state index in [1.807, 2.05) is 13.0 Å². The third-order valence-corrected chi connectivity index (χ3v) is 7.84. The quantitative estimate of drug-likeness (QED) is 0.465. The average molecular weight is 522 g/mol. The maximum atomic E-state index is 15.3. The highest BCUT2D eigenvalue weighted by molar-refractivity contribution is 6.05. The molecule has 2 fully saturated rings. The molecular weight excluding hydrogens is 488 g/mol. The lowest BCUT2D eigenvalue weighted by Gasteiger charge is -2.33. The van der Waals surface area contributed by atoms with Crippen molar-refractivity contribution in [2.75, 3.05) is 43.6 Å². The molecule has 1 aromatic carbocycles. The summed E-state index contributed by atoms with van der Waals surface area (Å²) >= 11 is 0. The number of aromatic nitrogens is 2. The predicted molar refractivity (Wildman–Crippen MR) is 144 cm³/mol. The van der Waals surface area contributed by atoms with Gasteiger partial charge in [-0.05, 0) is 68.9 Å². The third kappa shape index (κ3) is 5.29. The Morgan fingerprint density at radius 3 is 2.66 bits per heavy atom. The van der Waals surface area contributed by atoms with Gasteiger partial charge in [-0.3, -0.25) is 4.99 Å². The first kappa shape index (κ1) is 25.0. The third-order valence-electron chi connectivity index (χ3n) is 7.84. The number of piperidine rings is 1. The van der Waals surface area contributed by atoms with E-state index in [1.54, 1.807) is 13.2 Å². The Kier molecular flexibility index (Phi) is 6.86. The van der Waals surface area contributed by atoms with E-state index in [0.29, 0.717) is 42.0 Å². The fourth-order valence-corrected chi connectivity index (χ4v) is 5.51. The van der Waals surface area contributed by atoms with E-state index in [2.05, 4.69) is 31.3 Å². The number of hydrogen-bond donors (Lipinski definition) is 1. The number of nitrogens with one attached hydrogen (secondary N) is 1. The zero-order valence-electron chi connectivity index (χ0n) is 21.9. The molecule has 0 radical (unpaired) electrons. The first-order chi connectivity index (χ1) is 18.5. The van der Waals surface area contributed by atoms with Gasteiger partial charge in [-0.15, -0.1) is 0 Å². The van der Waals surface area contributed by atoms with Crippen molar-refractivity contribution in [1.82, 2.24) is 9.97 Å². The predicted octanol–water partition coefficient (Wildman–Crippen LogP) is 5.92. The molecule has 1 saturated carbocycles. The number of allylic oxidation sites excluding steroid dienone is 1. The van der Waals surface area contributed by atoms with Gasteiger partial charge < -0.3 is 19.7 Å². The van der Waals surface area contributed by atoms with Gasteiger partial charge in [0, 0.05) is 50.1 Å². The molecule has 38 heavy (non-hydrogen) atoms. The van der Waals surface area contributed by atoms with Gasteiger partial charge in [-0.2, -0.15) is 9.97 Å². The molecule has 4 aliphatic rings. The van der Waals surface area contributed by atoms with Crippen LogP contribution in [0.15, 0.2) is 34.3 Å². The van der Waals surface area contributed by atoms with Gasteiger partial charge in [0.1, 0.15) is 23.3 Å². The Hall–Kier alpha value is -3.33. The summed E-state index contributed by atoms with van der Waals surface area (Å²) in [6, 6.07) is 2.93. The van der Waals surface area contributed by atoms with Crippen LogP contribution in [0.25, 0.3) is 6.08 Å². The molecule has 6 rings (SSSR count). The highest BCUT2D eigenvalue weighted by Gasteiger charge is 2.29. The minimum Gasteiger partial charge on any atom is -0.421 e. The lowest BCUT2D eigenvalue weighted by molar-refractivity contribution is 0.170. The maximum Gasteiger partial charge on any atom is 0.326 e. The number of fused-ring (bicyclic) bond motifs is 1. The number of nitrogens with zero attached hydrogens (tertiary/aromatic N) is 4. The summed E-state index contributed by atoms with van der Waals surface area (Å²) in [4.78, 5) is 15.9. The SMILES string of the molecule is COCCC1CCN(c2cc(NC3=NCC(C4CC4)=C3)nc(Oc3cc(F)c4c(c3F)C=C(C)C4)n2)CC1. The Bertz CT molecular complexity index is 1330. The van der Waals surface area contributed by atoms with Crippen LogP contribution in [0.3, 0.4) is 0 Å². The van der Waals surface area contributed by atoms with Crippen molar-refractivity contribution in [2.45, 2.75) is 45.4 Å². The fraction of sp³-hybridized carbons (Fsp3) is 0.483. The van der Waals surface area contributed by atoms with Gasteiger partial charge in [-0.1, -0.05) is 11.6 Å². The molecule has 1 aromatic heterocycles. The van der Waals surface area contributed by atoms with Gasteiger partial charge >= 0.3 is 6.01 Å². The molecule has 3 heterocycles. The topological polar surface area (TPSA) is 71.9 Å². The van der Waals surface area contributed by atoms with Gasteiger partial charge in [0.25, 0.3) is 0 Å². The van der Waals surface area contributed by atoms with E-state index < -0.39 is 11.6 Å². The molecule has 2 aliphatic heterocycles. The van der Waals surface area contributed by atoms with Crippen molar-refractivity contribution < 1.29 is 18.3 Å². The minimum absolute atomic E-state index is 0.0338. The summed E-state index contributed by atoms with van der Waals surface area (Å²) in [6.45, 7) is 5.00. The normalized spacial score (nSPS) is 19.3. The summed E-state index contributed by atoms with van der Waals surface area (Å²) in [5.41, 5.74) is 2.85. The summed E-state index contributed by atoms with van der Waals surface area (Å²) in [6.07, 6.45) is 9.71. The van der Waals surface area contributed by atoms with E-state index in [-0.39, 0.29) is 17.3 Å². The lowest BCUT2D eigenvalue weighted by Crippen LogP contribution is -2.34. The largest absolute Gasteiger partial charge is 0.421 e. The fourth-order valence-electron chi connectivity index (χ4n) is 5.51. The molecule has 0 bridgehead atoms. The van der Waals surface area contributed by atoms with Crippen LogP contribution in [0.4, 0.5) is 20.4 Å². The second-order valence-electron chi connectivity index (χ2n) is 10.8. The van der Waals surface area contributed by atoms with Crippen LogP contribution in [0.5, 0.6) is 11.8 Å². The van der Waals surface area contributed by atoms with Crippen molar-refractivity contribution in [1.29, 1.82) is 0 Å². The number of hydrogen-bond acceptors (Lipinski definition) is 7. The minimum atomic E-state index is -0.599. The Morgan fingerprint density at radius 2 is 1.89 bits per heavy atom. The van der Waals surface area contributed by atoms with Crippen LogP contribution in [-0.4, -0.2) is 49.2 Å². The second-order valence-corrected chi connectivity index (χ2v) is 10.8. The summed E-state index contributed by atoms with van der Waals surface area (Å²) < 4.78 is 41.2. The molecule has 200 valence electrons. The number of halogens is 2. The average Bonchev–Trinajstić information content (AvgIpc) is 3.53. The molecule has 2 aliphatic carbocycles. The number of amidine groups is 1. The molecule has 0 atom stereocenters. The monoisotopic (exact) mass is 521 g/mol. The van der Waals surface area contributed by atoms with Crippen LogP contribution >= 0.6 is 0 Å². The zero-order valence-corrected chi connectivity index (χ0v) is 21.9. The summed E-state index contributed by atoms with van der Waals surface area (Å²) in [5.74, 6) is 1.89. The number of methoxy groups -OCH3 is 1. The Balaban J connectivity index is 1.27. The molecule has 0 amide bonds. The molecule has 0 unspecified atom stereocenters. The molecule has 9 heteroatoms. The molecule has 2 aromatic rings. The van der Waals surface area contributed by atoms with E-state index in [9.17, 15) is 4.39 Å². The van der Waals surface area contributed by atoms with Crippen LogP contribution in [-0.2, 0) is 11.2 Å². The van der Waals surface area contributed by atoms with Gasteiger partial charge in [-0.25, -0.2) is 8.78 Å². The lowest BCUT2D eigenvalue weighted by atomic mass is 9.94. The van der Waals surface area contributed by atoms with E-state index in [1.165, 1.54) is 18.4 Å². The number of anilines is 2. The number of rotatable bonds is 8. The van der Waals surface area contributed by atoms with E-state index in [4.69, 9.17) is 9.47 Å². The summed E-state index contributed by atoms with van der Waals surface area (Å²) in [7, 11) is 1.73. The first-order valence-electron chi connectivity index (χ1n) is 13.5. The van der Waals surface area contributed by atoms with Crippen LogP contribution in [0, 0.1) is 23.5 Å². The van der Waals surface area contributed by atoms with Crippen LogP contribution in [0.2, 0.25) is 0 Å². The number of benzene rings is 1. The molecule has 1 N–H and O–H groups in total. The number of aliphatic imine (C=N–C) groups is 1. The summed E-state index contributed by atoms with van der Waals surface area (Å²) in [5, 5.41) is 3.29. The van der Waals surface area contributed by atoms with E-state index in [0.717, 1.165) is 56.4 Å². The second kappa shape index (κ2) is 10.4. The van der Waals surface area contributed by atoms with E-state index >= 15 is 4.39 Å². The van der Waals surface area contributed by atoms with Crippen molar-refractivity contribution >= 4 is 23.5 Å². The van der Waals surface area contributed by atoms with Crippen LogP contribution < -0.4 is 15.0 Å². The molecule has 0 spiro atoms. The highest BCUT2D eigenvalue weighted by atomic mass is 19.1. The van der Waals surface area contributed by atoms with Gasteiger partial charge in [0.2, 0.25) is 0 Å². The van der Waals surface area contributed by atoms with Gasteiger partial charge in [0.15, 0.2) is 11.6 Å². The van der Waals surface area contributed by atoms with Crippen molar-refractivity contribution in [3.8, 4) is 11.8 Å². The smallest absolute Gasteiger partial charge is 0.326 e. The maximum absolute atomic E-state index is 15.3. The Labute approximate surface area is 221 Å². The zero-order chi connectivity index (χ0) is 26.2. The Morgan fingerprint density at radius 1 is 1.08 bits per heavy atom. The molecule has 1 saturated heterocycles. The molecule has 7 nitrogen and oxygen atoms in total. The standard InChI is InChI=1S/C29H33F2N5O2/c1-17-11-21-22(12-17)28(31)24(14-23(21)30)38-29-34-26(33-25-13-20(16-32-25)19-3-4-19)15-27(35-29)36-8-5-18(6-9-36)7-10-37-2/h12-15,18-19H,3-11,16H2,1-2H3,(H,32,33,34,35). The van der Waals surface area contributed by atoms with Crippen LogP contribution in [0.1, 0.15) is 50.2 Å². The molecular formula is C29H33F2N5O2. The first-order valence-corrected chi connectivity index (χ1v) is 13.5. The van der Waals surface area contributed by atoms with Gasteiger partial charge in [0.05, 0.1) is 6.54 Å².